The Balaban J connectivity index is 1.74. The zero-order chi connectivity index (χ0) is 16.4. The average molecular weight is 315 g/mol. The number of nitrogens with one attached hydrogen (secondary N) is 1. The number of benzene rings is 2. The lowest BCUT2D eigenvalue weighted by molar-refractivity contribution is -0.130. The fourth-order valence-corrected chi connectivity index (χ4v) is 2.97. The first-order valence-corrected chi connectivity index (χ1v) is 7.50. The van der Waals surface area contributed by atoms with Gasteiger partial charge in [-0.05, 0) is 47.7 Å². The summed E-state index contributed by atoms with van der Waals surface area (Å²) in [4.78, 5) is 12.3. The fraction of sp³-hybridized carbons (Fsp3) is 0.278. The molecule has 2 N–H and O–H groups in total. The molecular formula is C18H18FNO3. The number of methoxy groups -OCH3 is 1. The first-order chi connectivity index (χ1) is 11.1. The van der Waals surface area contributed by atoms with Crippen LogP contribution in [0.25, 0.3) is 0 Å². The maximum absolute atomic E-state index is 13.7. The molecule has 0 bridgehead atoms. The fourth-order valence-electron chi connectivity index (χ4n) is 2.97. The lowest BCUT2D eigenvalue weighted by atomic mass is 10.1. The maximum atomic E-state index is 13.7. The molecule has 2 unspecified atom stereocenters. The summed E-state index contributed by atoms with van der Waals surface area (Å²) in [5.41, 5.74) is 1.89. The Hall–Kier alpha value is -2.40. The molecule has 0 saturated carbocycles. The van der Waals surface area contributed by atoms with Crippen molar-refractivity contribution in [3.63, 3.8) is 0 Å². The van der Waals surface area contributed by atoms with Gasteiger partial charge in [-0.25, -0.2) is 4.39 Å². The number of halogens is 1. The second kappa shape index (κ2) is 6.38. The lowest BCUT2D eigenvalue weighted by Crippen LogP contribution is -2.32. The Labute approximate surface area is 133 Å². The zero-order valence-corrected chi connectivity index (χ0v) is 12.8. The molecule has 0 saturated heterocycles. The molecule has 0 radical (unpaired) electrons. The summed E-state index contributed by atoms with van der Waals surface area (Å²) in [6, 6.07) is 11.3. The van der Waals surface area contributed by atoms with E-state index in [1.54, 1.807) is 30.3 Å². The van der Waals surface area contributed by atoms with E-state index >= 15 is 0 Å². The SMILES string of the molecule is COc1cccc(C(O)C(=O)NC2CCc3c(F)cccc32)c1. The Morgan fingerprint density at radius 1 is 1.35 bits per heavy atom. The van der Waals surface area contributed by atoms with Crippen molar-refractivity contribution in [1.82, 2.24) is 5.32 Å². The molecule has 2 aromatic rings. The zero-order valence-electron chi connectivity index (χ0n) is 12.8. The maximum Gasteiger partial charge on any atom is 0.253 e. The molecule has 0 fully saturated rings. The van der Waals surface area contributed by atoms with Crippen LogP contribution in [0.4, 0.5) is 4.39 Å². The van der Waals surface area contributed by atoms with Crippen LogP contribution in [0.5, 0.6) is 5.75 Å². The molecule has 2 atom stereocenters. The molecule has 5 heteroatoms. The standard InChI is InChI=1S/C18H18FNO3/c1-23-12-5-2-4-11(10-12)17(21)18(22)20-16-9-8-13-14(16)6-3-7-15(13)19/h2-7,10,16-17,21H,8-9H2,1H3,(H,20,22). The number of carbonyl (C=O) groups excluding carboxylic acids is 1. The van der Waals surface area contributed by atoms with E-state index in [1.807, 2.05) is 6.07 Å². The van der Waals surface area contributed by atoms with Crippen LogP contribution >= 0.6 is 0 Å². The van der Waals surface area contributed by atoms with Gasteiger partial charge in [0.25, 0.3) is 5.91 Å². The molecule has 3 rings (SSSR count). The predicted molar refractivity (Wildman–Crippen MR) is 83.6 cm³/mol. The van der Waals surface area contributed by atoms with Gasteiger partial charge in [-0.2, -0.15) is 0 Å². The monoisotopic (exact) mass is 315 g/mol. The third-order valence-electron chi connectivity index (χ3n) is 4.19. The van der Waals surface area contributed by atoms with E-state index in [9.17, 15) is 14.3 Å². The van der Waals surface area contributed by atoms with Crippen molar-refractivity contribution in [3.05, 3.63) is 65.0 Å². The molecule has 23 heavy (non-hydrogen) atoms. The number of hydrogen-bond acceptors (Lipinski definition) is 3. The Kier molecular flexibility index (Phi) is 4.30. The molecule has 0 spiro atoms. The van der Waals surface area contributed by atoms with Crippen molar-refractivity contribution < 1.29 is 19.0 Å². The second-order valence-corrected chi connectivity index (χ2v) is 5.59. The Morgan fingerprint density at radius 3 is 2.91 bits per heavy atom. The molecule has 0 aliphatic heterocycles. The molecule has 2 aromatic carbocycles. The predicted octanol–water partition coefficient (Wildman–Crippen LogP) is 2.67. The van der Waals surface area contributed by atoms with Gasteiger partial charge in [-0.15, -0.1) is 0 Å². The molecule has 1 aliphatic carbocycles. The minimum absolute atomic E-state index is 0.243. The molecular weight excluding hydrogens is 297 g/mol. The van der Waals surface area contributed by atoms with Gasteiger partial charge in [0.1, 0.15) is 11.6 Å². The normalized spacial score (nSPS) is 17.4. The van der Waals surface area contributed by atoms with Gasteiger partial charge < -0.3 is 15.2 Å². The van der Waals surface area contributed by atoms with E-state index in [1.165, 1.54) is 13.2 Å². The summed E-state index contributed by atoms with van der Waals surface area (Å²) in [5.74, 6) is -0.171. The van der Waals surface area contributed by atoms with Crippen molar-refractivity contribution in [2.24, 2.45) is 0 Å². The highest BCUT2D eigenvalue weighted by Gasteiger charge is 2.28. The van der Waals surface area contributed by atoms with Gasteiger partial charge in [-0.3, -0.25) is 4.79 Å². The van der Waals surface area contributed by atoms with Crippen LogP contribution in [0.1, 0.15) is 35.3 Å². The summed E-state index contributed by atoms with van der Waals surface area (Å²) in [6.45, 7) is 0. The second-order valence-electron chi connectivity index (χ2n) is 5.59. The van der Waals surface area contributed by atoms with Gasteiger partial charge in [0.05, 0.1) is 13.2 Å². The van der Waals surface area contributed by atoms with Crippen LogP contribution in [0.2, 0.25) is 0 Å². The van der Waals surface area contributed by atoms with Crippen LogP contribution in [0.15, 0.2) is 42.5 Å². The highest BCUT2D eigenvalue weighted by molar-refractivity contribution is 5.82. The van der Waals surface area contributed by atoms with Gasteiger partial charge in [0.2, 0.25) is 0 Å². The summed E-state index contributed by atoms with van der Waals surface area (Å²) in [7, 11) is 1.52. The number of carbonyl (C=O) groups is 1. The summed E-state index contributed by atoms with van der Waals surface area (Å²) < 4.78 is 18.8. The minimum atomic E-state index is -1.29. The van der Waals surface area contributed by atoms with Crippen molar-refractivity contribution in [2.75, 3.05) is 7.11 Å². The van der Waals surface area contributed by atoms with Crippen molar-refractivity contribution in [2.45, 2.75) is 25.0 Å². The van der Waals surface area contributed by atoms with E-state index in [0.29, 0.717) is 29.7 Å². The van der Waals surface area contributed by atoms with Gasteiger partial charge in [0.15, 0.2) is 6.10 Å². The number of fused-ring (bicyclic) bond motifs is 1. The molecule has 1 amide bonds. The van der Waals surface area contributed by atoms with Gasteiger partial charge >= 0.3 is 0 Å². The Bertz CT molecular complexity index is 732. The topological polar surface area (TPSA) is 58.6 Å². The molecule has 4 nitrogen and oxygen atoms in total. The summed E-state index contributed by atoms with van der Waals surface area (Å²) >= 11 is 0. The lowest BCUT2D eigenvalue weighted by Gasteiger charge is -2.18. The number of ether oxygens (including phenoxy) is 1. The average Bonchev–Trinajstić information content (AvgIpc) is 2.98. The highest BCUT2D eigenvalue weighted by atomic mass is 19.1. The Morgan fingerprint density at radius 2 is 2.13 bits per heavy atom. The number of rotatable bonds is 4. The number of aliphatic hydroxyl groups is 1. The van der Waals surface area contributed by atoms with Crippen LogP contribution in [0.3, 0.4) is 0 Å². The summed E-state index contributed by atoms with van der Waals surface area (Å²) in [6.07, 6.45) is -0.0719. The van der Waals surface area contributed by atoms with Crippen molar-refractivity contribution >= 4 is 5.91 Å². The first kappa shape index (κ1) is 15.5. The summed E-state index contributed by atoms with van der Waals surface area (Å²) in [5, 5.41) is 13.0. The molecule has 120 valence electrons. The molecule has 1 aliphatic rings. The largest absolute Gasteiger partial charge is 0.497 e. The third kappa shape index (κ3) is 3.05. The quantitative estimate of drug-likeness (QED) is 0.912. The van der Waals surface area contributed by atoms with E-state index in [2.05, 4.69) is 5.32 Å². The smallest absolute Gasteiger partial charge is 0.253 e. The van der Waals surface area contributed by atoms with Crippen LogP contribution in [0, 0.1) is 5.82 Å². The van der Waals surface area contributed by atoms with Gasteiger partial charge in [0, 0.05) is 0 Å². The molecule has 0 heterocycles. The van der Waals surface area contributed by atoms with Gasteiger partial charge in [-0.1, -0.05) is 24.3 Å². The number of amides is 1. The van der Waals surface area contributed by atoms with Crippen LogP contribution in [-0.2, 0) is 11.2 Å². The number of aliphatic hydroxyl groups excluding tert-OH is 1. The van der Waals surface area contributed by atoms with E-state index in [0.717, 1.165) is 5.56 Å². The first-order valence-electron chi connectivity index (χ1n) is 7.50. The third-order valence-corrected chi connectivity index (χ3v) is 4.19. The number of hydrogen-bond donors (Lipinski definition) is 2. The van der Waals surface area contributed by atoms with Crippen LogP contribution in [-0.4, -0.2) is 18.1 Å². The minimum Gasteiger partial charge on any atom is -0.497 e. The molecule has 0 aromatic heterocycles. The van der Waals surface area contributed by atoms with Crippen molar-refractivity contribution in [3.8, 4) is 5.75 Å². The van der Waals surface area contributed by atoms with E-state index < -0.39 is 12.0 Å². The van der Waals surface area contributed by atoms with Crippen LogP contribution < -0.4 is 10.1 Å². The van der Waals surface area contributed by atoms with Crippen molar-refractivity contribution in [1.29, 1.82) is 0 Å². The highest BCUT2D eigenvalue weighted by Crippen LogP contribution is 2.33. The van der Waals surface area contributed by atoms with E-state index in [4.69, 9.17) is 4.74 Å². The van der Waals surface area contributed by atoms with E-state index in [-0.39, 0.29) is 11.9 Å².